The lowest BCUT2D eigenvalue weighted by Gasteiger charge is -2.05. The molecule has 84 valence electrons. The number of benzene rings is 1. The summed E-state index contributed by atoms with van der Waals surface area (Å²) >= 11 is 18.0. The fraction of sp³-hybridized carbons (Fsp3) is 0. The van der Waals surface area contributed by atoms with Crippen LogP contribution >= 0.6 is 46.5 Å². The second-order valence-electron chi connectivity index (χ2n) is 2.78. The maximum absolute atomic E-state index is 13.1. The molecular weight excluding hydrogens is 296 g/mol. The summed E-state index contributed by atoms with van der Waals surface area (Å²) in [6.07, 6.45) is 0. The van der Waals surface area contributed by atoms with Gasteiger partial charge in [-0.15, -0.1) is 0 Å². The number of anilines is 2. The van der Waals surface area contributed by atoms with Crippen LogP contribution < -0.4 is 5.32 Å². The van der Waals surface area contributed by atoms with E-state index in [0.29, 0.717) is 11.5 Å². The minimum atomic E-state index is -0.656. The molecule has 0 saturated carbocycles. The van der Waals surface area contributed by atoms with Crippen LogP contribution in [0.25, 0.3) is 0 Å². The zero-order chi connectivity index (χ0) is 11.7. The zero-order valence-corrected chi connectivity index (χ0v) is 10.6. The highest BCUT2D eigenvalue weighted by Gasteiger charge is 2.10. The summed E-state index contributed by atoms with van der Waals surface area (Å²) in [7, 11) is 0. The summed E-state index contributed by atoms with van der Waals surface area (Å²) in [5, 5.41) is 2.92. The third-order valence-corrected chi connectivity index (χ3v) is 3.14. The van der Waals surface area contributed by atoms with Crippen molar-refractivity contribution < 1.29 is 4.39 Å². The van der Waals surface area contributed by atoms with E-state index in [2.05, 4.69) is 14.1 Å². The maximum Gasteiger partial charge on any atom is 0.187 e. The molecule has 0 atom stereocenters. The first-order valence-electron chi connectivity index (χ1n) is 3.97. The van der Waals surface area contributed by atoms with E-state index in [4.69, 9.17) is 34.8 Å². The van der Waals surface area contributed by atoms with Crippen molar-refractivity contribution in [3.8, 4) is 0 Å². The molecule has 1 aromatic heterocycles. The second kappa shape index (κ2) is 4.71. The van der Waals surface area contributed by atoms with E-state index in [1.165, 1.54) is 12.1 Å². The summed E-state index contributed by atoms with van der Waals surface area (Å²) in [6, 6.07) is 2.77. The van der Waals surface area contributed by atoms with Gasteiger partial charge in [0, 0.05) is 5.69 Å². The lowest BCUT2D eigenvalue weighted by Crippen LogP contribution is -1.92. The average Bonchev–Trinajstić information content (AvgIpc) is 2.61. The molecule has 0 spiro atoms. The predicted molar refractivity (Wildman–Crippen MR) is 64.6 cm³/mol. The molecule has 8 heteroatoms. The Morgan fingerprint density at radius 1 is 1.12 bits per heavy atom. The highest BCUT2D eigenvalue weighted by Crippen LogP contribution is 2.30. The molecule has 0 aliphatic heterocycles. The van der Waals surface area contributed by atoms with Gasteiger partial charge in [0.05, 0.1) is 21.8 Å². The maximum atomic E-state index is 13.1. The van der Waals surface area contributed by atoms with Crippen LogP contribution in [0.3, 0.4) is 0 Å². The van der Waals surface area contributed by atoms with Crippen molar-refractivity contribution in [2.45, 2.75) is 0 Å². The molecule has 1 N–H and O–H groups in total. The lowest BCUT2D eigenvalue weighted by atomic mass is 10.3. The van der Waals surface area contributed by atoms with Gasteiger partial charge in [0.25, 0.3) is 0 Å². The monoisotopic (exact) mass is 297 g/mol. The fourth-order valence-electron chi connectivity index (χ4n) is 1.02. The first kappa shape index (κ1) is 11.9. The zero-order valence-electron chi connectivity index (χ0n) is 7.47. The summed E-state index contributed by atoms with van der Waals surface area (Å²) in [5.74, 6) is -0.276. The third-order valence-electron chi connectivity index (χ3n) is 1.70. The van der Waals surface area contributed by atoms with Crippen LogP contribution in [0, 0.1) is 5.82 Å². The molecule has 1 aromatic carbocycles. The third kappa shape index (κ3) is 2.38. The van der Waals surface area contributed by atoms with Crippen molar-refractivity contribution in [2.75, 3.05) is 5.32 Å². The van der Waals surface area contributed by atoms with Crippen LogP contribution in [0.1, 0.15) is 0 Å². The van der Waals surface area contributed by atoms with E-state index in [1.54, 1.807) is 0 Å². The van der Waals surface area contributed by atoms with Crippen LogP contribution in [-0.2, 0) is 0 Å². The lowest BCUT2D eigenvalue weighted by molar-refractivity contribution is 0.629. The molecular formula is C8H3Cl3FN3S. The van der Waals surface area contributed by atoms with E-state index >= 15 is 0 Å². The Labute approximate surface area is 109 Å². The Morgan fingerprint density at radius 3 is 2.25 bits per heavy atom. The van der Waals surface area contributed by atoms with Crippen molar-refractivity contribution >= 4 is 58.0 Å². The van der Waals surface area contributed by atoms with E-state index in [0.717, 1.165) is 11.7 Å². The molecule has 0 saturated heterocycles. The number of aromatic nitrogens is 2. The topological polar surface area (TPSA) is 37.8 Å². The molecule has 3 nitrogen and oxygen atoms in total. The highest BCUT2D eigenvalue weighted by molar-refractivity contribution is 6.99. The van der Waals surface area contributed by atoms with Crippen molar-refractivity contribution in [1.82, 2.24) is 8.75 Å². The number of hydrogen-bond donors (Lipinski definition) is 1. The number of hydrogen-bond acceptors (Lipinski definition) is 4. The number of halogens is 4. The Balaban J connectivity index is 2.33. The predicted octanol–water partition coefficient (Wildman–Crippen LogP) is 4.38. The van der Waals surface area contributed by atoms with Gasteiger partial charge in [0.15, 0.2) is 16.8 Å². The van der Waals surface area contributed by atoms with Gasteiger partial charge in [-0.05, 0) is 12.1 Å². The molecule has 2 aromatic rings. The molecule has 2 rings (SSSR count). The molecule has 0 aliphatic rings. The normalized spacial score (nSPS) is 10.5. The van der Waals surface area contributed by atoms with Gasteiger partial charge < -0.3 is 5.32 Å². The van der Waals surface area contributed by atoms with Crippen LogP contribution in [0.4, 0.5) is 15.9 Å². The Morgan fingerprint density at radius 2 is 1.75 bits per heavy atom. The number of nitrogens with one attached hydrogen (secondary N) is 1. The van der Waals surface area contributed by atoms with Crippen LogP contribution in [0.15, 0.2) is 12.1 Å². The van der Waals surface area contributed by atoms with Crippen LogP contribution in [0.2, 0.25) is 15.2 Å². The van der Waals surface area contributed by atoms with E-state index in [-0.39, 0.29) is 15.2 Å². The van der Waals surface area contributed by atoms with Crippen molar-refractivity contribution in [3.63, 3.8) is 0 Å². The Kier molecular flexibility index (Phi) is 3.49. The van der Waals surface area contributed by atoms with Crippen LogP contribution in [-0.4, -0.2) is 8.75 Å². The molecule has 1 heterocycles. The fourth-order valence-corrected chi connectivity index (χ4v) is 2.15. The Bertz CT molecular complexity index is 508. The summed E-state index contributed by atoms with van der Waals surface area (Å²) in [4.78, 5) is 0. The van der Waals surface area contributed by atoms with Crippen molar-refractivity contribution in [2.24, 2.45) is 0 Å². The molecule has 0 aliphatic carbocycles. The van der Waals surface area contributed by atoms with Gasteiger partial charge in [0.1, 0.15) is 0 Å². The first-order valence-corrected chi connectivity index (χ1v) is 5.84. The van der Waals surface area contributed by atoms with Gasteiger partial charge in [-0.3, -0.25) is 0 Å². The van der Waals surface area contributed by atoms with E-state index in [9.17, 15) is 4.39 Å². The van der Waals surface area contributed by atoms with Gasteiger partial charge in [0.2, 0.25) is 0 Å². The summed E-state index contributed by atoms with van der Waals surface area (Å²) in [6.45, 7) is 0. The van der Waals surface area contributed by atoms with Crippen molar-refractivity contribution in [1.29, 1.82) is 0 Å². The summed E-state index contributed by atoms with van der Waals surface area (Å²) in [5.41, 5.74) is 0.492. The smallest absolute Gasteiger partial charge is 0.187 e. The molecule has 0 amide bonds. The van der Waals surface area contributed by atoms with E-state index in [1.807, 2.05) is 0 Å². The average molecular weight is 299 g/mol. The minimum absolute atomic E-state index is 0.0747. The Hall–Kier alpha value is -0.620. The van der Waals surface area contributed by atoms with Gasteiger partial charge in [-0.25, -0.2) is 4.39 Å². The SMILES string of the molecule is Fc1c(Cl)cc(Nc2nsnc2Cl)cc1Cl. The second-order valence-corrected chi connectivity index (χ2v) is 4.48. The van der Waals surface area contributed by atoms with Gasteiger partial charge >= 0.3 is 0 Å². The van der Waals surface area contributed by atoms with Crippen molar-refractivity contribution in [3.05, 3.63) is 33.1 Å². The molecule has 0 bridgehead atoms. The molecule has 0 fully saturated rings. The van der Waals surface area contributed by atoms with Gasteiger partial charge in [-0.1, -0.05) is 34.8 Å². The minimum Gasteiger partial charge on any atom is -0.337 e. The van der Waals surface area contributed by atoms with Gasteiger partial charge in [-0.2, -0.15) is 8.75 Å². The number of rotatable bonds is 2. The largest absolute Gasteiger partial charge is 0.337 e. The quantitative estimate of drug-likeness (QED) is 0.836. The molecule has 0 radical (unpaired) electrons. The standard InChI is InChI=1S/C8H3Cl3FN3S/c9-4-1-3(2-5(10)6(4)12)13-8-7(11)14-16-15-8/h1-2H,(H,13,15). The van der Waals surface area contributed by atoms with Crippen LogP contribution in [0.5, 0.6) is 0 Å². The molecule has 16 heavy (non-hydrogen) atoms. The first-order chi connectivity index (χ1) is 7.58. The highest BCUT2D eigenvalue weighted by atomic mass is 35.5. The summed E-state index contributed by atoms with van der Waals surface area (Å²) < 4.78 is 20.8. The van der Waals surface area contributed by atoms with E-state index < -0.39 is 5.82 Å². The molecule has 0 unspecified atom stereocenters. The number of nitrogens with zero attached hydrogens (tertiary/aromatic N) is 2.